The maximum absolute atomic E-state index is 11.5. The third-order valence-corrected chi connectivity index (χ3v) is 3.81. The molecule has 3 N–H and O–H groups in total. The Hall–Kier alpha value is -1.78. The van der Waals surface area contributed by atoms with Gasteiger partial charge in [-0.25, -0.2) is 0 Å². The van der Waals surface area contributed by atoms with Crippen molar-refractivity contribution in [3.8, 4) is 0 Å². The zero-order valence-electron chi connectivity index (χ0n) is 11.6. The highest BCUT2D eigenvalue weighted by molar-refractivity contribution is 7.99. The predicted molar refractivity (Wildman–Crippen MR) is 84.0 cm³/mol. The van der Waals surface area contributed by atoms with Crippen LogP contribution in [0.3, 0.4) is 0 Å². The number of carbonyl (C=O) groups excluding carboxylic acids is 1. The molecule has 2 aromatic carbocycles. The Bertz CT molecular complexity index is 576. The van der Waals surface area contributed by atoms with E-state index in [-0.39, 0.29) is 5.91 Å². The van der Waals surface area contributed by atoms with Crippen molar-refractivity contribution in [2.24, 2.45) is 5.73 Å². The molecule has 1 amide bonds. The van der Waals surface area contributed by atoms with E-state index in [0.717, 1.165) is 10.6 Å². The minimum absolute atomic E-state index is 0.177. The summed E-state index contributed by atoms with van der Waals surface area (Å²) < 4.78 is 0. The lowest BCUT2D eigenvalue weighted by atomic mass is 10.2. The van der Waals surface area contributed by atoms with Gasteiger partial charge in [-0.15, -0.1) is 0 Å². The highest BCUT2D eigenvalue weighted by atomic mass is 32.2. The van der Waals surface area contributed by atoms with E-state index in [1.165, 1.54) is 10.5 Å². The van der Waals surface area contributed by atoms with Gasteiger partial charge in [0.05, 0.1) is 6.04 Å². The normalized spacial score (nSPS) is 11.9. The molecule has 0 aromatic heterocycles. The second-order valence-corrected chi connectivity index (χ2v) is 5.86. The molecule has 0 saturated heterocycles. The van der Waals surface area contributed by atoms with E-state index in [1.807, 2.05) is 24.3 Å². The minimum atomic E-state index is -0.503. The van der Waals surface area contributed by atoms with Crippen molar-refractivity contribution >= 4 is 23.4 Å². The van der Waals surface area contributed by atoms with Gasteiger partial charge in [0.25, 0.3) is 0 Å². The molecular formula is C16H18N2OS. The highest BCUT2D eigenvalue weighted by Crippen LogP contribution is 2.28. The first-order valence-corrected chi connectivity index (χ1v) is 7.27. The summed E-state index contributed by atoms with van der Waals surface area (Å²) in [6.45, 7) is 3.74. The van der Waals surface area contributed by atoms with Gasteiger partial charge in [-0.2, -0.15) is 0 Å². The van der Waals surface area contributed by atoms with Gasteiger partial charge in [0, 0.05) is 15.5 Å². The van der Waals surface area contributed by atoms with Crippen molar-refractivity contribution in [3.63, 3.8) is 0 Å². The number of aryl methyl sites for hydroxylation is 1. The van der Waals surface area contributed by atoms with Gasteiger partial charge in [0.2, 0.25) is 5.91 Å². The van der Waals surface area contributed by atoms with Crippen molar-refractivity contribution in [3.05, 3.63) is 54.1 Å². The van der Waals surface area contributed by atoms with Crippen LogP contribution in [0.25, 0.3) is 0 Å². The molecule has 104 valence electrons. The number of carbonyl (C=O) groups is 1. The van der Waals surface area contributed by atoms with Crippen LogP contribution in [-0.2, 0) is 4.79 Å². The Kier molecular flexibility index (Phi) is 4.82. The zero-order chi connectivity index (χ0) is 14.5. The highest BCUT2D eigenvalue weighted by Gasteiger charge is 2.07. The van der Waals surface area contributed by atoms with Crippen LogP contribution >= 0.6 is 11.8 Å². The Balaban J connectivity index is 2.01. The molecule has 0 aliphatic rings. The van der Waals surface area contributed by atoms with Crippen molar-refractivity contribution in [2.75, 3.05) is 5.32 Å². The topological polar surface area (TPSA) is 55.1 Å². The number of rotatable bonds is 4. The first-order valence-electron chi connectivity index (χ1n) is 6.45. The van der Waals surface area contributed by atoms with E-state index >= 15 is 0 Å². The van der Waals surface area contributed by atoms with Crippen LogP contribution in [-0.4, -0.2) is 11.9 Å². The lowest BCUT2D eigenvalue weighted by Gasteiger charge is -2.08. The molecule has 0 radical (unpaired) electrons. The van der Waals surface area contributed by atoms with Crippen LogP contribution in [0.1, 0.15) is 12.5 Å². The second kappa shape index (κ2) is 6.59. The minimum Gasteiger partial charge on any atom is -0.325 e. The fourth-order valence-electron chi connectivity index (χ4n) is 1.60. The summed E-state index contributed by atoms with van der Waals surface area (Å²) in [5.41, 5.74) is 7.53. The maximum atomic E-state index is 11.5. The molecule has 0 aliphatic carbocycles. The van der Waals surface area contributed by atoms with Crippen LogP contribution in [0.4, 0.5) is 5.69 Å². The van der Waals surface area contributed by atoms with E-state index in [1.54, 1.807) is 18.7 Å². The standard InChI is InChI=1S/C16H18N2OS/c1-11-3-7-14(8-4-11)20-15-9-5-13(6-10-15)18-16(19)12(2)17/h3-10,12H,17H2,1-2H3,(H,18,19). The number of nitrogens with two attached hydrogens (primary N) is 1. The largest absolute Gasteiger partial charge is 0.325 e. The van der Waals surface area contributed by atoms with Gasteiger partial charge in [-0.3, -0.25) is 4.79 Å². The number of hydrogen-bond acceptors (Lipinski definition) is 3. The average Bonchev–Trinajstić information content (AvgIpc) is 2.43. The van der Waals surface area contributed by atoms with E-state index in [0.29, 0.717) is 0 Å². The number of amides is 1. The monoisotopic (exact) mass is 286 g/mol. The number of anilines is 1. The van der Waals surface area contributed by atoms with Crippen LogP contribution in [0.2, 0.25) is 0 Å². The molecule has 0 saturated carbocycles. The molecule has 1 unspecified atom stereocenters. The lowest BCUT2D eigenvalue weighted by molar-refractivity contribution is -0.117. The SMILES string of the molecule is Cc1ccc(Sc2ccc(NC(=O)C(C)N)cc2)cc1. The molecule has 3 nitrogen and oxygen atoms in total. The van der Waals surface area contributed by atoms with Crippen molar-refractivity contribution in [1.29, 1.82) is 0 Å². The Morgan fingerprint density at radius 1 is 1.05 bits per heavy atom. The Morgan fingerprint density at radius 3 is 2.05 bits per heavy atom. The van der Waals surface area contributed by atoms with Gasteiger partial charge in [-0.1, -0.05) is 29.5 Å². The average molecular weight is 286 g/mol. The van der Waals surface area contributed by atoms with Gasteiger partial charge in [0.1, 0.15) is 0 Å². The number of hydrogen-bond donors (Lipinski definition) is 2. The molecule has 0 bridgehead atoms. The molecule has 1 atom stereocenters. The summed E-state index contributed by atoms with van der Waals surface area (Å²) in [5, 5.41) is 2.77. The third-order valence-electron chi connectivity index (χ3n) is 2.79. The first-order chi connectivity index (χ1) is 9.54. The fourth-order valence-corrected chi connectivity index (χ4v) is 2.42. The Morgan fingerprint density at radius 2 is 1.55 bits per heavy atom. The maximum Gasteiger partial charge on any atom is 0.240 e. The zero-order valence-corrected chi connectivity index (χ0v) is 12.4. The molecule has 0 aliphatic heterocycles. The van der Waals surface area contributed by atoms with Gasteiger partial charge in [-0.05, 0) is 50.2 Å². The predicted octanol–water partition coefficient (Wildman–Crippen LogP) is 3.43. The molecule has 20 heavy (non-hydrogen) atoms. The molecule has 2 aromatic rings. The molecule has 0 fully saturated rings. The van der Waals surface area contributed by atoms with E-state index in [4.69, 9.17) is 5.73 Å². The molecular weight excluding hydrogens is 268 g/mol. The molecule has 0 spiro atoms. The lowest BCUT2D eigenvalue weighted by Crippen LogP contribution is -2.32. The van der Waals surface area contributed by atoms with Gasteiger partial charge < -0.3 is 11.1 Å². The smallest absolute Gasteiger partial charge is 0.240 e. The van der Waals surface area contributed by atoms with Crippen LogP contribution < -0.4 is 11.1 Å². The van der Waals surface area contributed by atoms with Crippen LogP contribution in [0, 0.1) is 6.92 Å². The van der Waals surface area contributed by atoms with Crippen molar-refractivity contribution in [2.45, 2.75) is 29.7 Å². The molecule has 4 heteroatoms. The molecule has 2 rings (SSSR count). The summed E-state index contributed by atoms with van der Waals surface area (Å²) in [7, 11) is 0. The van der Waals surface area contributed by atoms with Gasteiger partial charge in [0.15, 0.2) is 0 Å². The van der Waals surface area contributed by atoms with Crippen LogP contribution in [0.15, 0.2) is 58.3 Å². The quantitative estimate of drug-likeness (QED) is 0.905. The van der Waals surface area contributed by atoms with E-state index in [2.05, 4.69) is 36.5 Å². The number of benzene rings is 2. The van der Waals surface area contributed by atoms with Gasteiger partial charge >= 0.3 is 0 Å². The van der Waals surface area contributed by atoms with Crippen LogP contribution in [0.5, 0.6) is 0 Å². The third kappa shape index (κ3) is 4.11. The summed E-state index contributed by atoms with van der Waals surface area (Å²) in [5.74, 6) is -0.177. The van der Waals surface area contributed by atoms with Crippen molar-refractivity contribution < 1.29 is 4.79 Å². The summed E-state index contributed by atoms with van der Waals surface area (Å²) >= 11 is 1.69. The summed E-state index contributed by atoms with van der Waals surface area (Å²) in [6.07, 6.45) is 0. The summed E-state index contributed by atoms with van der Waals surface area (Å²) in [6, 6.07) is 15.6. The molecule has 0 heterocycles. The first kappa shape index (κ1) is 14.6. The Labute approximate surface area is 123 Å². The van der Waals surface area contributed by atoms with Crippen molar-refractivity contribution in [1.82, 2.24) is 0 Å². The van der Waals surface area contributed by atoms with E-state index in [9.17, 15) is 4.79 Å². The summed E-state index contributed by atoms with van der Waals surface area (Å²) in [4.78, 5) is 13.8. The second-order valence-electron chi connectivity index (χ2n) is 4.72. The fraction of sp³-hybridized carbons (Fsp3) is 0.188. The number of nitrogens with one attached hydrogen (secondary N) is 1. The van der Waals surface area contributed by atoms with E-state index < -0.39 is 6.04 Å².